The molecule has 0 bridgehead atoms. The SMILES string of the molecule is CCC(CNC)C(c1ccc2nc[nH]c2c1)N(C)C. The van der Waals surface area contributed by atoms with Gasteiger partial charge >= 0.3 is 0 Å². The predicted octanol–water partition coefficient (Wildman–Crippen LogP) is 2.41. The Labute approximate surface area is 115 Å². The van der Waals surface area contributed by atoms with Crippen LogP contribution < -0.4 is 5.32 Å². The van der Waals surface area contributed by atoms with Gasteiger partial charge in [0.2, 0.25) is 0 Å². The molecule has 1 heterocycles. The molecule has 4 nitrogen and oxygen atoms in total. The van der Waals surface area contributed by atoms with Crippen LogP contribution in [0.2, 0.25) is 0 Å². The minimum atomic E-state index is 0.421. The highest BCUT2D eigenvalue weighted by Crippen LogP contribution is 2.30. The van der Waals surface area contributed by atoms with Gasteiger partial charge < -0.3 is 15.2 Å². The van der Waals surface area contributed by atoms with Gasteiger partial charge in [-0.05, 0) is 51.3 Å². The molecule has 0 aliphatic heterocycles. The molecule has 2 atom stereocenters. The van der Waals surface area contributed by atoms with Crippen LogP contribution in [0.1, 0.15) is 24.9 Å². The van der Waals surface area contributed by atoms with Crippen LogP contribution in [0.4, 0.5) is 0 Å². The summed E-state index contributed by atoms with van der Waals surface area (Å²) < 4.78 is 0. The van der Waals surface area contributed by atoms with Gasteiger partial charge in [0.15, 0.2) is 0 Å². The van der Waals surface area contributed by atoms with E-state index in [1.807, 2.05) is 7.05 Å². The first-order chi connectivity index (χ1) is 9.17. The van der Waals surface area contributed by atoms with E-state index < -0.39 is 0 Å². The van der Waals surface area contributed by atoms with Gasteiger partial charge in [-0.2, -0.15) is 0 Å². The molecule has 2 rings (SSSR count). The lowest BCUT2D eigenvalue weighted by Gasteiger charge is -2.32. The van der Waals surface area contributed by atoms with Crippen molar-refractivity contribution in [3.8, 4) is 0 Å². The molecule has 0 amide bonds. The molecule has 0 saturated carbocycles. The average molecular weight is 260 g/mol. The van der Waals surface area contributed by atoms with Crippen LogP contribution in [-0.4, -0.2) is 42.6 Å². The molecule has 0 saturated heterocycles. The second-order valence-electron chi connectivity index (χ2n) is 5.31. The van der Waals surface area contributed by atoms with Crippen molar-refractivity contribution >= 4 is 11.0 Å². The summed E-state index contributed by atoms with van der Waals surface area (Å²) >= 11 is 0. The average Bonchev–Trinajstić information content (AvgIpc) is 2.85. The molecule has 19 heavy (non-hydrogen) atoms. The zero-order valence-corrected chi connectivity index (χ0v) is 12.3. The molecule has 0 aliphatic rings. The molecule has 1 aromatic heterocycles. The van der Waals surface area contributed by atoms with Crippen LogP contribution in [0.3, 0.4) is 0 Å². The fourth-order valence-corrected chi connectivity index (χ4v) is 2.87. The smallest absolute Gasteiger partial charge is 0.0931 e. The van der Waals surface area contributed by atoms with Gasteiger partial charge in [0.05, 0.1) is 17.4 Å². The number of fused-ring (bicyclic) bond motifs is 1. The molecular weight excluding hydrogens is 236 g/mol. The Morgan fingerprint density at radius 3 is 2.79 bits per heavy atom. The van der Waals surface area contributed by atoms with Gasteiger partial charge in [0.1, 0.15) is 0 Å². The Hall–Kier alpha value is -1.39. The molecule has 0 aliphatic carbocycles. The standard InChI is InChI=1S/C15H24N4/c1-5-11(9-16-2)15(19(3)4)12-6-7-13-14(8-12)18-10-17-13/h6-8,10-11,15-16H,5,9H2,1-4H3,(H,17,18). The second-order valence-corrected chi connectivity index (χ2v) is 5.31. The van der Waals surface area contributed by atoms with Gasteiger partial charge in [-0.3, -0.25) is 0 Å². The number of aromatic nitrogens is 2. The fraction of sp³-hybridized carbons (Fsp3) is 0.533. The molecule has 104 valence electrons. The Morgan fingerprint density at radius 2 is 2.16 bits per heavy atom. The molecule has 0 fully saturated rings. The van der Waals surface area contributed by atoms with Crippen molar-refractivity contribution in [3.63, 3.8) is 0 Å². The van der Waals surface area contributed by atoms with Crippen molar-refractivity contribution in [2.45, 2.75) is 19.4 Å². The minimum Gasteiger partial charge on any atom is -0.345 e. The number of hydrogen-bond donors (Lipinski definition) is 2. The lowest BCUT2D eigenvalue weighted by atomic mass is 9.89. The van der Waals surface area contributed by atoms with Gasteiger partial charge in [-0.25, -0.2) is 4.98 Å². The van der Waals surface area contributed by atoms with E-state index >= 15 is 0 Å². The second kappa shape index (κ2) is 6.17. The summed E-state index contributed by atoms with van der Waals surface area (Å²) in [4.78, 5) is 9.79. The van der Waals surface area contributed by atoms with Gasteiger partial charge in [0, 0.05) is 6.04 Å². The molecule has 0 radical (unpaired) electrons. The molecule has 2 N–H and O–H groups in total. The maximum absolute atomic E-state index is 4.28. The number of nitrogens with one attached hydrogen (secondary N) is 2. The molecule has 2 unspecified atom stereocenters. The van der Waals surface area contributed by atoms with Crippen LogP contribution in [0.25, 0.3) is 11.0 Å². The number of H-pyrrole nitrogens is 1. The Morgan fingerprint density at radius 1 is 1.37 bits per heavy atom. The third kappa shape index (κ3) is 2.96. The first-order valence-electron chi connectivity index (χ1n) is 6.91. The zero-order chi connectivity index (χ0) is 13.8. The summed E-state index contributed by atoms with van der Waals surface area (Å²) in [7, 11) is 6.33. The lowest BCUT2D eigenvalue weighted by Crippen LogP contribution is -2.32. The van der Waals surface area contributed by atoms with E-state index in [9.17, 15) is 0 Å². The molecule has 2 aromatic rings. The van der Waals surface area contributed by atoms with Crippen molar-refractivity contribution in [2.75, 3.05) is 27.7 Å². The van der Waals surface area contributed by atoms with Crippen LogP contribution >= 0.6 is 0 Å². The van der Waals surface area contributed by atoms with E-state index in [4.69, 9.17) is 0 Å². The highest BCUT2D eigenvalue weighted by atomic mass is 15.1. The normalized spacial score (nSPS) is 15.0. The van der Waals surface area contributed by atoms with Gasteiger partial charge in [-0.15, -0.1) is 0 Å². The van der Waals surface area contributed by atoms with Crippen molar-refractivity contribution in [1.82, 2.24) is 20.2 Å². The number of benzene rings is 1. The number of hydrogen-bond acceptors (Lipinski definition) is 3. The summed E-state index contributed by atoms with van der Waals surface area (Å²) in [5.41, 5.74) is 3.50. The topological polar surface area (TPSA) is 44.0 Å². The largest absolute Gasteiger partial charge is 0.345 e. The van der Waals surface area contributed by atoms with Crippen LogP contribution in [0.15, 0.2) is 24.5 Å². The summed E-state index contributed by atoms with van der Waals surface area (Å²) in [5, 5.41) is 3.31. The van der Waals surface area contributed by atoms with Crippen molar-refractivity contribution in [2.24, 2.45) is 5.92 Å². The van der Waals surface area contributed by atoms with E-state index in [1.54, 1.807) is 6.33 Å². The van der Waals surface area contributed by atoms with E-state index in [0.29, 0.717) is 12.0 Å². The quantitative estimate of drug-likeness (QED) is 0.838. The first-order valence-corrected chi connectivity index (χ1v) is 6.91. The molecule has 0 spiro atoms. The van der Waals surface area contributed by atoms with Crippen LogP contribution in [0, 0.1) is 5.92 Å². The predicted molar refractivity (Wildman–Crippen MR) is 80.2 cm³/mol. The fourth-order valence-electron chi connectivity index (χ4n) is 2.87. The third-order valence-corrected chi connectivity index (χ3v) is 3.78. The monoisotopic (exact) mass is 260 g/mol. The first kappa shape index (κ1) is 14.0. The van der Waals surface area contributed by atoms with Crippen molar-refractivity contribution in [3.05, 3.63) is 30.1 Å². The van der Waals surface area contributed by atoms with E-state index in [1.165, 1.54) is 5.56 Å². The molecule has 1 aromatic carbocycles. The highest BCUT2D eigenvalue weighted by molar-refractivity contribution is 5.75. The van der Waals surface area contributed by atoms with Gasteiger partial charge in [0.25, 0.3) is 0 Å². The maximum Gasteiger partial charge on any atom is 0.0931 e. The van der Waals surface area contributed by atoms with E-state index in [-0.39, 0.29) is 0 Å². The lowest BCUT2D eigenvalue weighted by molar-refractivity contribution is 0.204. The Kier molecular flexibility index (Phi) is 4.56. The van der Waals surface area contributed by atoms with E-state index in [2.05, 4.69) is 59.4 Å². The molecule has 4 heteroatoms. The Balaban J connectivity index is 2.36. The minimum absolute atomic E-state index is 0.421. The maximum atomic E-state index is 4.28. The van der Waals surface area contributed by atoms with Crippen LogP contribution in [0.5, 0.6) is 0 Å². The summed E-state index contributed by atoms with van der Waals surface area (Å²) in [6.07, 6.45) is 2.91. The number of aromatic amines is 1. The number of imidazole rings is 1. The summed E-state index contributed by atoms with van der Waals surface area (Å²) in [6.45, 7) is 3.29. The Bertz CT molecular complexity index is 518. The summed E-state index contributed by atoms with van der Waals surface area (Å²) in [5.74, 6) is 0.598. The third-order valence-electron chi connectivity index (χ3n) is 3.78. The number of nitrogens with zero attached hydrogens (tertiary/aromatic N) is 2. The van der Waals surface area contributed by atoms with Gasteiger partial charge in [-0.1, -0.05) is 19.4 Å². The zero-order valence-electron chi connectivity index (χ0n) is 12.3. The molecular formula is C15H24N4. The highest BCUT2D eigenvalue weighted by Gasteiger charge is 2.23. The number of rotatable bonds is 6. The van der Waals surface area contributed by atoms with Crippen molar-refractivity contribution < 1.29 is 0 Å². The van der Waals surface area contributed by atoms with Crippen LogP contribution in [-0.2, 0) is 0 Å². The summed E-state index contributed by atoms with van der Waals surface area (Å²) in [6, 6.07) is 6.95. The van der Waals surface area contributed by atoms with E-state index in [0.717, 1.165) is 24.0 Å². The van der Waals surface area contributed by atoms with Crippen molar-refractivity contribution in [1.29, 1.82) is 0 Å².